The molecule has 2 aliphatic heterocycles. The smallest absolute Gasteiger partial charge is 0.336 e. The fourth-order valence-corrected chi connectivity index (χ4v) is 4.41. The van der Waals surface area contributed by atoms with Crippen LogP contribution in [-0.4, -0.2) is 48.2 Å². The van der Waals surface area contributed by atoms with Crippen LogP contribution in [-0.2, 0) is 16.0 Å². The number of carbonyl (C=O) groups is 2. The van der Waals surface area contributed by atoms with Crippen LogP contribution < -0.4 is 14.2 Å². The average molecular weight is 483 g/mol. The van der Waals surface area contributed by atoms with E-state index in [1.54, 1.807) is 0 Å². The first kappa shape index (κ1) is 22.4. The Kier molecular flexibility index (Phi) is 6.51. The molecule has 0 N–H and O–H groups in total. The normalized spacial score (nSPS) is 18.0. The van der Waals surface area contributed by atoms with Crippen molar-refractivity contribution in [2.45, 2.75) is 19.3 Å². The van der Waals surface area contributed by atoms with E-state index in [0.29, 0.717) is 17.9 Å². The number of nitrogens with zero attached hydrogens (tertiary/aromatic N) is 2. The zero-order valence-corrected chi connectivity index (χ0v) is 19.1. The lowest BCUT2D eigenvalue weighted by atomic mass is 9.97. The highest BCUT2D eigenvalue weighted by Gasteiger charge is 2.27. The lowest BCUT2D eigenvalue weighted by Gasteiger charge is -2.31. The van der Waals surface area contributed by atoms with Crippen molar-refractivity contribution in [1.29, 1.82) is 0 Å². The first-order valence-electron chi connectivity index (χ1n) is 11.2. The van der Waals surface area contributed by atoms with Gasteiger partial charge in [-0.25, -0.2) is 9.59 Å². The van der Waals surface area contributed by atoms with Crippen LogP contribution >= 0.6 is 11.6 Å². The first-order valence-corrected chi connectivity index (χ1v) is 11.6. The van der Waals surface area contributed by atoms with Crippen LogP contribution in [0.5, 0.6) is 17.4 Å². The third-order valence-corrected chi connectivity index (χ3v) is 6.44. The Morgan fingerprint density at radius 1 is 1.06 bits per heavy atom. The molecule has 2 aliphatic rings. The van der Waals surface area contributed by atoms with E-state index < -0.39 is 11.9 Å². The average Bonchev–Trinajstić information content (AvgIpc) is 3.26. The number of fused-ring (bicyclic) bond motifs is 4. The Bertz CT molecular complexity index is 1230. The van der Waals surface area contributed by atoms with Crippen LogP contribution in [0, 0.1) is 5.92 Å². The minimum Gasteiger partial charge on any atom is -0.475 e. The molecule has 0 aliphatic carbocycles. The quantitative estimate of drug-likeness (QED) is 0.381. The van der Waals surface area contributed by atoms with Crippen molar-refractivity contribution in [3.05, 3.63) is 59.1 Å². The summed E-state index contributed by atoms with van der Waals surface area (Å²) in [5, 5.41) is 4.29. The summed E-state index contributed by atoms with van der Waals surface area (Å²) < 4.78 is 21.9. The van der Waals surface area contributed by atoms with Crippen molar-refractivity contribution in [2.75, 3.05) is 26.2 Å². The molecule has 5 rings (SSSR count). The van der Waals surface area contributed by atoms with Crippen molar-refractivity contribution in [3.63, 3.8) is 0 Å². The Morgan fingerprint density at radius 2 is 1.79 bits per heavy atom. The lowest BCUT2D eigenvalue weighted by Crippen LogP contribution is -2.36. The highest BCUT2D eigenvalue weighted by Crippen LogP contribution is 2.45. The van der Waals surface area contributed by atoms with Crippen LogP contribution in [0.3, 0.4) is 0 Å². The molecule has 0 radical (unpaired) electrons. The molecule has 0 saturated carbocycles. The number of aromatic nitrogens is 1. The van der Waals surface area contributed by atoms with Gasteiger partial charge < -0.3 is 23.6 Å². The van der Waals surface area contributed by atoms with Crippen molar-refractivity contribution in [2.24, 2.45) is 5.92 Å². The van der Waals surface area contributed by atoms with Gasteiger partial charge in [0.25, 0.3) is 5.88 Å². The minimum atomic E-state index is -0.769. The van der Waals surface area contributed by atoms with E-state index in [2.05, 4.69) is 34.3 Å². The maximum atomic E-state index is 12.1. The van der Waals surface area contributed by atoms with Gasteiger partial charge >= 0.3 is 11.9 Å². The van der Waals surface area contributed by atoms with Gasteiger partial charge in [0.05, 0.1) is 6.61 Å². The van der Waals surface area contributed by atoms with Gasteiger partial charge in [-0.05, 0) is 49.0 Å². The Morgan fingerprint density at radius 3 is 2.56 bits per heavy atom. The van der Waals surface area contributed by atoms with Crippen molar-refractivity contribution in [3.8, 4) is 17.4 Å². The second kappa shape index (κ2) is 9.87. The molecule has 176 valence electrons. The predicted octanol–water partition coefficient (Wildman–Crippen LogP) is 4.20. The van der Waals surface area contributed by atoms with Crippen molar-refractivity contribution < 1.29 is 28.3 Å². The summed E-state index contributed by atoms with van der Waals surface area (Å²) in [5.41, 5.74) is 1.59. The summed E-state index contributed by atoms with van der Waals surface area (Å²) >= 11 is 6.36. The topological polar surface area (TPSA) is 91.1 Å². The van der Waals surface area contributed by atoms with Crippen LogP contribution in [0.1, 0.15) is 18.4 Å². The summed E-state index contributed by atoms with van der Waals surface area (Å²) in [5.74, 6) is -0.963. The van der Waals surface area contributed by atoms with E-state index in [1.165, 1.54) is 11.6 Å². The second-order valence-corrected chi connectivity index (χ2v) is 8.76. The van der Waals surface area contributed by atoms with E-state index in [9.17, 15) is 9.59 Å². The van der Waals surface area contributed by atoms with Crippen LogP contribution in [0.2, 0.25) is 5.02 Å². The molecule has 3 aromatic rings. The van der Waals surface area contributed by atoms with Gasteiger partial charge in [-0.3, -0.25) is 0 Å². The van der Waals surface area contributed by atoms with E-state index in [-0.39, 0.29) is 28.0 Å². The molecule has 1 aromatic heterocycles. The molecule has 9 heteroatoms. The number of likely N-dealkylation sites (tertiary alicyclic amines) is 1. The molecule has 1 saturated heterocycles. The fraction of sp³-hybridized carbons (Fsp3) is 0.320. The number of ether oxygens (including phenoxy) is 3. The number of hydrogen-bond donors (Lipinski definition) is 0. The van der Waals surface area contributed by atoms with Crippen molar-refractivity contribution >= 4 is 34.5 Å². The van der Waals surface area contributed by atoms with Gasteiger partial charge in [0.2, 0.25) is 0 Å². The molecule has 34 heavy (non-hydrogen) atoms. The number of rotatable bonds is 6. The summed E-state index contributed by atoms with van der Waals surface area (Å²) in [6.45, 7) is 3.52. The minimum absolute atomic E-state index is 0.00880. The maximum absolute atomic E-state index is 12.1. The number of hydrogen-bond acceptors (Lipinski definition) is 8. The molecular weight excluding hydrogens is 460 g/mol. The summed E-state index contributed by atoms with van der Waals surface area (Å²) in [4.78, 5) is 26.4. The molecular formula is C25H23ClN2O6. The number of esters is 2. The molecule has 2 aromatic carbocycles. The van der Waals surface area contributed by atoms with Gasteiger partial charge in [-0.15, -0.1) is 0 Å². The van der Waals surface area contributed by atoms with Crippen molar-refractivity contribution in [1.82, 2.24) is 10.1 Å². The third kappa shape index (κ3) is 4.93. The lowest BCUT2D eigenvalue weighted by molar-refractivity contribution is -0.131. The number of benzene rings is 2. The Balaban J connectivity index is 1.23. The molecule has 2 bridgehead atoms. The SMILES string of the molecule is O=C1/C=C/C(=O)Oc2c(Cl)c(cc3onc(OCC4CCN(CCc5ccccc5)CC4)c23)O1. The fourth-order valence-electron chi connectivity index (χ4n) is 4.19. The molecule has 0 spiro atoms. The molecule has 0 amide bonds. The summed E-state index contributed by atoms with van der Waals surface area (Å²) in [6.07, 6.45) is 5.01. The van der Waals surface area contributed by atoms with Gasteiger partial charge in [-0.1, -0.05) is 41.9 Å². The monoisotopic (exact) mass is 482 g/mol. The van der Waals surface area contributed by atoms with E-state index in [1.807, 2.05) is 6.07 Å². The molecule has 0 atom stereocenters. The van der Waals surface area contributed by atoms with E-state index in [4.69, 9.17) is 30.3 Å². The van der Waals surface area contributed by atoms with E-state index >= 15 is 0 Å². The molecule has 3 heterocycles. The molecule has 1 fully saturated rings. The van der Waals surface area contributed by atoms with Gasteiger partial charge in [-0.2, -0.15) is 0 Å². The van der Waals surface area contributed by atoms with E-state index in [0.717, 1.165) is 51.0 Å². The van der Waals surface area contributed by atoms with Crippen LogP contribution in [0.25, 0.3) is 11.0 Å². The third-order valence-electron chi connectivity index (χ3n) is 6.08. The van der Waals surface area contributed by atoms with Crippen LogP contribution in [0.4, 0.5) is 0 Å². The number of carbonyl (C=O) groups excluding carboxylic acids is 2. The van der Waals surface area contributed by atoms with Crippen LogP contribution in [0.15, 0.2) is 53.1 Å². The highest BCUT2D eigenvalue weighted by atomic mass is 35.5. The largest absolute Gasteiger partial charge is 0.475 e. The van der Waals surface area contributed by atoms with Gasteiger partial charge in [0.15, 0.2) is 17.1 Å². The standard InChI is InChI=1S/C25H23ClN2O6/c26-23-19-14-18-22(24(23)33-21(30)7-6-20(29)32-19)25(27-34-18)31-15-17-9-12-28(13-10-17)11-8-16-4-2-1-3-5-16/h1-7,14,17H,8-13,15H2/b7-6+. The van der Waals surface area contributed by atoms with Gasteiger partial charge in [0.1, 0.15) is 10.4 Å². The number of halogens is 1. The van der Waals surface area contributed by atoms with Gasteiger partial charge in [0, 0.05) is 24.8 Å². The summed E-state index contributed by atoms with van der Waals surface area (Å²) in [7, 11) is 0. The Hall–Kier alpha value is -3.36. The zero-order chi connectivity index (χ0) is 23.5. The second-order valence-electron chi connectivity index (χ2n) is 8.39. The first-order chi connectivity index (χ1) is 16.6. The molecule has 8 nitrogen and oxygen atoms in total. The molecule has 0 unspecified atom stereocenters. The Labute approximate surface area is 201 Å². The number of piperidine rings is 1. The maximum Gasteiger partial charge on any atom is 0.336 e. The summed E-state index contributed by atoms with van der Waals surface area (Å²) in [6, 6.07) is 11.9. The predicted molar refractivity (Wildman–Crippen MR) is 124 cm³/mol. The zero-order valence-electron chi connectivity index (χ0n) is 18.4. The highest BCUT2D eigenvalue weighted by molar-refractivity contribution is 6.35.